The fourth-order valence-electron chi connectivity index (χ4n) is 4.17. The first-order valence-corrected chi connectivity index (χ1v) is 9.56. The number of halogens is 1. The van der Waals surface area contributed by atoms with Crippen LogP contribution in [0, 0.1) is 25.6 Å². The molecule has 28 heavy (non-hydrogen) atoms. The van der Waals surface area contributed by atoms with E-state index in [1.165, 1.54) is 12.1 Å². The van der Waals surface area contributed by atoms with Gasteiger partial charge in [-0.25, -0.2) is 9.07 Å². The van der Waals surface area contributed by atoms with E-state index in [9.17, 15) is 19.1 Å². The molecule has 3 rings (SSSR count). The van der Waals surface area contributed by atoms with Gasteiger partial charge in [0.05, 0.1) is 29.3 Å². The number of benzene rings is 1. The molecule has 1 aromatic carbocycles. The summed E-state index contributed by atoms with van der Waals surface area (Å²) in [6.07, 6.45) is 3.13. The molecular formula is C21H26FN3O3. The van der Waals surface area contributed by atoms with Gasteiger partial charge in [-0.05, 0) is 57.9 Å². The number of hydrogen-bond donors (Lipinski definition) is 2. The maximum Gasteiger partial charge on any atom is 0.308 e. The second-order valence-corrected chi connectivity index (χ2v) is 7.82. The highest BCUT2D eigenvalue weighted by molar-refractivity contribution is 5.81. The average molecular weight is 387 g/mol. The van der Waals surface area contributed by atoms with E-state index in [1.54, 1.807) is 16.8 Å². The van der Waals surface area contributed by atoms with Crippen molar-refractivity contribution in [1.82, 2.24) is 15.1 Å². The largest absolute Gasteiger partial charge is 0.481 e. The molecule has 0 radical (unpaired) electrons. The molecule has 0 bridgehead atoms. The molecule has 1 fully saturated rings. The normalized spacial score (nSPS) is 22.1. The Morgan fingerprint density at radius 1 is 1.29 bits per heavy atom. The lowest BCUT2D eigenvalue weighted by atomic mass is 9.74. The van der Waals surface area contributed by atoms with Gasteiger partial charge in [0.15, 0.2) is 0 Å². The quantitative estimate of drug-likeness (QED) is 0.824. The molecule has 2 unspecified atom stereocenters. The number of amides is 1. The summed E-state index contributed by atoms with van der Waals surface area (Å²) in [7, 11) is 0. The van der Waals surface area contributed by atoms with Gasteiger partial charge in [0.2, 0.25) is 5.91 Å². The monoisotopic (exact) mass is 387 g/mol. The molecule has 6 nitrogen and oxygen atoms in total. The number of nitrogens with one attached hydrogen (secondary N) is 1. The minimum Gasteiger partial charge on any atom is -0.481 e. The molecule has 1 aromatic heterocycles. The van der Waals surface area contributed by atoms with Gasteiger partial charge in [-0.1, -0.05) is 12.8 Å². The van der Waals surface area contributed by atoms with Crippen LogP contribution in [0.4, 0.5) is 4.39 Å². The van der Waals surface area contributed by atoms with Crippen molar-refractivity contribution in [2.75, 3.05) is 0 Å². The molecule has 1 heterocycles. The Hall–Kier alpha value is -2.70. The Balaban J connectivity index is 1.79. The highest BCUT2D eigenvalue weighted by Crippen LogP contribution is 2.34. The van der Waals surface area contributed by atoms with E-state index in [0.717, 1.165) is 35.5 Å². The summed E-state index contributed by atoms with van der Waals surface area (Å²) in [5.74, 6) is -1.97. The molecule has 1 aliphatic carbocycles. The Morgan fingerprint density at radius 2 is 1.96 bits per heavy atom. The van der Waals surface area contributed by atoms with Crippen LogP contribution in [-0.2, 0) is 16.0 Å². The van der Waals surface area contributed by atoms with Crippen molar-refractivity contribution in [2.45, 2.75) is 58.4 Å². The third-order valence-corrected chi connectivity index (χ3v) is 5.78. The summed E-state index contributed by atoms with van der Waals surface area (Å²) in [6.45, 7) is 5.52. The van der Waals surface area contributed by atoms with E-state index in [1.807, 2.05) is 20.8 Å². The Bertz CT molecular complexity index is 891. The summed E-state index contributed by atoms with van der Waals surface area (Å²) in [5, 5.41) is 17.0. The lowest BCUT2D eigenvalue weighted by molar-refractivity contribution is -0.146. The average Bonchev–Trinajstić information content (AvgIpc) is 2.90. The SMILES string of the molecule is Cc1nn(-c2ccc(F)cc2)c(C)c1CC(=O)NC1(C)CCCCC1C(=O)O. The number of carbonyl (C=O) groups is 2. The van der Waals surface area contributed by atoms with E-state index < -0.39 is 17.4 Å². The van der Waals surface area contributed by atoms with Crippen LogP contribution in [0.5, 0.6) is 0 Å². The van der Waals surface area contributed by atoms with Gasteiger partial charge in [0.25, 0.3) is 0 Å². The molecule has 2 N–H and O–H groups in total. The molecule has 150 valence electrons. The standard InChI is InChI=1S/C21H26FN3O3/c1-13-17(14(2)25(24-13)16-9-7-15(22)8-10-16)12-19(26)23-21(3)11-5-4-6-18(21)20(27)28/h7-10,18H,4-6,11-12H2,1-3H3,(H,23,26)(H,27,28). The van der Waals surface area contributed by atoms with Gasteiger partial charge in [0.1, 0.15) is 5.82 Å². The highest BCUT2D eigenvalue weighted by Gasteiger charge is 2.42. The highest BCUT2D eigenvalue weighted by atomic mass is 19.1. The Morgan fingerprint density at radius 3 is 2.61 bits per heavy atom. The van der Waals surface area contributed by atoms with E-state index in [4.69, 9.17) is 0 Å². The van der Waals surface area contributed by atoms with Gasteiger partial charge in [-0.2, -0.15) is 5.10 Å². The number of nitrogens with zero attached hydrogens (tertiary/aromatic N) is 2. The molecule has 1 saturated carbocycles. The van der Waals surface area contributed by atoms with Crippen molar-refractivity contribution >= 4 is 11.9 Å². The summed E-state index contributed by atoms with van der Waals surface area (Å²) >= 11 is 0. The zero-order valence-electron chi connectivity index (χ0n) is 16.5. The number of carboxylic acids is 1. The van der Waals surface area contributed by atoms with Gasteiger partial charge in [-0.3, -0.25) is 9.59 Å². The van der Waals surface area contributed by atoms with E-state index in [0.29, 0.717) is 12.8 Å². The topological polar surface area (TPSA) is 84.2 Å². The summed E-state index contributed by atoms with van der Waals surface area (Å²) in [5.41, 5.74) is 2.31. The van der Waals surface area contributed by atoms with Crippen LogP contribution in [0.15, 0.2) is 24.3 Å². The number of aromatic nitrogens is 2. The summed E-state index contributed by atoms with van der Waals surface area (Å²) in [6, 6.07) is 6.01. The zero-order valence-corrected chi connectivity index (χ0v) is 16.5. The van der Waals surface area contributed by atoms with Crippen LogP contribution >= 0.6 is 0 Å². The van der Waals surface area contributed by atoms with Gasteiger partial charge < -0.3 is 10.4 Å². The first kappa shape index (κ1) is 20.0. The Labute approximate surface area is 163 Å². The second kappa shape index (κ2) is 7.73. The molecule has 0 spiro atoms. The van der Waals surface area contributed by atoms with Crippen LogP contribution < -0.4 is 5.32 Å². The fraction of sp³-hybridized carbons (Fsp3) is 0.476. The number of hydrogen-bond acceptors (Lipinski definition) is 3. The lowest BCUT2D eigenvalue weighted by Gasteiger charge is -2.39. The van der Waals surface area contributed by atoms with E-state index >= 15 is 0 Å². The van der Waals surface area contributed by atoms with Crippen molar-refractivity contribution in [3.05, 3.63) is 47.0 Å². The number of rotatable bonds is 5. The number of carboxylic acid groups (broad SMARTS) is 1. The zero-order chi connectivity index (χ0) is 20.5. The molecule has 0 aliphatic heterocycles. The first-order chi connectivity index (χ1) is 13.2. The summed E-state index contributed by atoms with van der Waals surface area (Å²) in [4.78, 5) is 24.4. The molecule has 2 atom stereocenters. The second-order valence-electron chi connectivity index (χ2n) is 7.82. The summed E-state index contributed by atoms with van der Waals surface area (Å²) < 4.78 is 14.9. The fourth-order valence-corrected chi connectivity index (χ4v) is 4.17. The number of aryl methyl sites for hydroxylation is 1. The van der Waals surface area contributed by atoms with Crippen LogP contribution in [0.1, 0.15) is 49.6 Å². The van der Waals surface area contributed by atoms with E-state index in [2.05, 4.69) is 10.4 Å². The van der Waals surface area contributed by atoms with Crippen LogP contribution in [0.2, 0.25) is 0 Å². The van der Waals surface area contributed by atoms with Crippen molar-refractivity contribution in [3.63, 3.8) is 0 Å². The van der Waals surface area contributed by atoms with Crippen molar-refractivity contribution in [1.29, 1.82) is 0 Å². The molecule has 0 saturated heterocycles. The number of carbonyl (C=O) groups excluding carboxylic acids is 1. The van der Waals surface area contributed by atoms with Crippen molar-refractivity contribution in [3.8, 4) is 5.69 Å². The molecule has 1 amide bonds. The van der Waals surface area contributed by atoms with Gasteiger partial charge in [-0.15, -0.1) is 0 Å². The number of aliphatic carboxylic acids is 1. The van der Waals surface area contributed by atoms with Crippen LogP contribution in [-0.4, -0.2) is 32.3 Å². The molecule has 7 heteroatoms. The third kappa shape index (κ3) is 3.93. The van der Waals surface area contributed by atoms with Crippen molar-refractivity contribution < 1.29 is 19.1 Å². The smallest absolute Gasteiger partial charge is 0.308 e. The maximum atomic E-state index is 13.2. The lowest BCUT2D eigenvalue weighted by Crippen LogP contribution is -2.55. The first-order valence-electron chi connectivity index (χ1n) is 9.56. The van der Waals surface area contributed by atoms with Crippen LogP contribution in [0.25, 0.3) is 5.69 Å². The molecule has 1 aliphatic rings. The van der Waals surface area contributed by atoms with Gasteiger partial charge in [0, 0.05) is 11.3 Å². The Kier molecular flexibility index (Phi) is 5.54. The third-order valence-electron chi connectivity index (χ3n) is 5.78. The van der Waals surface area contributed by atoms with E-state index in [-0.39, 0.29) is 18.1 Å². The van der Waals surface area contributed by atoms with Crippen LogP contribution in [0.3, 0.4) is 0 Å². The van der Waals surface area contributed by atoms with Crippen molar-refractivity contribution in [2.24, 2.45) is 5.92 Å². The predicted molar refractivity (Wildman–Crippen MR) is 103 cm³/mol. The minimum absolute atomic E-state index is 0.126. The minimum atomic E-state index is -0.862. The molecule has 2 aromatic rings. The molecular weight excluding hydrogens is 361 g/mol. The predicted octanol–water partition coefficient (Wildman–Crippen LogP) is 3.32. The van der Waals surface area contributed by atoms with Gasteiger partial charge >= 0.3 is 5.97 Å². The maximum absolute atomic E-state index is 13.2.